The molecule has 0 unspecified atom stereocenters. The van der Waals surface area contributed by atoms with Crippen LogP contribution in [0.15, 0.2) is 47.4 Å². The molecule has 6 heteroatoms. The molecule has 0 bridgehead atoms. The molecule has 21 heavy (non-hydrogen) atoms. The minimum Gasteiger partial charge on any atom is -0.322 e. The number of carbonyl (C=O) groups is 1. The Balaban J connectivity index is 2.35. The van der Waals surface area contributed by atoms with Crippen molar-refractivity contribution in [2.24, 2.45) is 5.14 Å². The highest BCUT2D eigenvalue weighted by Crippen LogP contribution is 2.18. The second kappa shape index (κ2) is 5.67. The molecule has 0 aromatic heterocycles. The van der Waals surface area contributed by atoms with Gasteiger partial charge in [0.1, 0.15) is 0 Å². The monoisotopic (exact) mass is 304 g/mol. The van der Waals surface area contributed by atoms with Crippen molar-refractivity contribution in [2.75, 3.05) is 5.32 Å². The zero-order chi connectivity index (χ0) is 15.6. The number of primary sulfonamides is 1. The van der Waals surface area contributed by atoms with E-state index in [2.05, 4.69) is 5.32 Å². The molecule has 5 nitrogen and oxygen atoms in total. The Morgan fingerprint density at radius 3 is 2.33 bits per heavy atom. The van der Waals surface area contributed by atoms with Gasteiger partial charge in [-0.15, -0.1) is 0 Å². The fourth-order valence-electron chi connectivity index (χ4n) is 1.96. The maximum atomic E-state index is 12.2. The van der Waals surface area contributed by atoms with Gasteiger partial charge in [0.2, 0.25) is 10.0 Å². The number of hydrogen-bond acceptors (Lipinski definition) is 3. The lowest BCUT2D eigenvalue weighted by molar-refractivity contribution is 0.102. The minimum atomic E-state index is -3.85. The molecule has 2 rings (SSSR count). The van der Waals surface area contributed by atoms with Gasteiger partial charge in [-0.1, -0.05) is 24.3 Å². The van der Waals surface area contributed by atoms with Gasteiger partial charge >= 0.3 is 0 Å². The predicted octanol–water partition coefficient (Wildman–Crippen LogP) is 2.20. The van der Waals surface area contributed by atoms with E-state index in [0.717, 1.165) is 5.56 Å². The fourth-order valence-corrected chi connectivity index (χ4v) is 2.76. The van der Waals surface area contributed by atoms with Crippen molar-refractivity contribution >= 4 is 21.6 Å². The Labute approximate surface area is 123 Å². The number of benzene rings is 2. The van der Waals surface area contributed by atoms with Gasteiger partial charge in [0.15, 0.2) is 0 Å². The first kappa shape index (κ1) is 15.2. The summed E-state index contributed by atoms with van der Waals surface area (Å²) < 4.78 is 23.0. The third-order valence-electron chi connectivity index (χ3n) is 3.15. The molecule has 0 aliphatic carbocycles. The molecule has 110 valence electrons. The number of para-hydroxylation sites is 1. The summed E-state index contributed by atoms with van der Waals surface area (Å²) in [4.78, 5) is 12.2. The van der Waals surface area contributed by atoms with Crippen LogP contribution in [0.4, 0.5) is 5.69 Å². The van der Waals surface area contributed by atoms with E-state index in [9.17, 15) is 13.2 Å². The SMILES string of the molecule is Cc1ccccc1NC(=O)c1ccc(C)c(S(N)(=O)=O)c1. The number of hydrogen-bond donors (Lipinski definition) is 2. The molecule has 0 saturated heterocycles. The van der Waals surface area contributed by atoms with Crippen LogP contribution < -0.4 is 10.5 Å². The highest BCUT2D eigenvalue weighted by molar-refractivity contribution is 7.89. The van der Waals surface area contributed by atoms with Gasteiger partial charge in [0.25, 0.3) is 5.91 Å². The molecule has 1 amide bonds. The summed E-state index contributed by atoms with van der Waals surface area (Å²) in [6.45, 7) is 3.50. The number of sulfonamides is 1. The summed E-state index contributed by atoms with van der Waals surface area (Å²) in [5.74, 6) is -0.380. The lowest BCUT2D eigenvalue weighted by Crippen LogP contribution is -2.17. The van der Waals surface area contributed by atoms with Gasteiger partial charge in [-0.25, -0.2) is 13.6 Å². The van der Waals surface area contributed by atoms with Crippen LogP contribution >= 0.6 is 0 Å². The summed E-state index contributed by atoms with van der Waals surface area (Å²) in [6.07, 6.45) is 0. The molecule has 3 N–H and O–H groups in total. The zero-order valence-electron chi connectivity index (χ0n) is 11.8. The van der Waals surface area contributed by atoms with Crippen molar-refractivity contribution in [3.8, 4) is 0 Å². The minimum absolute atomic E-state index is 0.0417. The Morgan fingerprint density at radius 1 is 1.05 bits per heavy atom. The van der Waals surface area contributed by atoms with Crippen molar-refractivity contribution in [1.82, 2.24) is 0 Å². The largest absolute Gasteiger partial charge is 0.322 e. The van der Waals surface area contributed by atoms with Gasteiger partial charge in [0.05, 0.1) is 4.90 Å². The van der Waals surface area contributed by atoms with E-state index < -0.39 is 10.0 Å². The van der Waals surface area contributed by atoms with Crippen LogP contribution in [0.2, 0.25) is 0 Å². The maximum Gasteiger partial charge on any atom is 0.255 e. The summed E-state index contributed by atoms with van der Waals surface area (Å²) in [5, 5.41) is 7.89. The average molecular weight is 304 g/mol. The zero-order valence-corrected chi connectivity index (χ0v) is 12.6. The maximum absolute atomic E-state index is 12.2. The van der Waals surface area contributed by atoms with Gasteiger partial charge in [0, 0.05) is 11.3 Å². The van der Waals surface area contributed by atoms with E-state index >= 15 is 0 Å². The number of carbonyl (C=O) groups excluding carboxylic acids is 1. The standard InChI is InChI=1S/C15H16N2O3S/c1-10-5-3-4-6-13(10)17-15(18)12-8-7-11(2)14(9-12)21(16,19)20/h3-9H,1-2H3,(H,17,18)(H2,16,19,20). The van der Waals surface area contributed by atoms with Crippen LogP contribution in [-0.2, 0) is 10.0 Å². The normalized spacial score (nSPS) is 11.2. The lowest BCUT2D eigenvalue weighted by Gasteiger charge is -2.10. The van der Waals surface area contributed by atoms with Crippen molar-refractivity contribution in [1.29, 1.82) is 0 Å². The van der Waals surface area contributed by atoms with Crippen LogP contribution in [0.1, 0.15) is 21.5 Å². The quantitative estimate of drug-likeness (QED) is 0.911. The van der Waals surface area contributed by atoms with Crippen LogP contribution in [-0.4, -0.2) is 14.3 Å². The molecule has 0 saturated carbocycles. The fraction of sp³-hybridized carbons (Fsp3) is 0.133. The van der Waals surface area contributed by atoms with E-state index in [1.54, 1.807) is 25.1 Å². The number of rotatable bonds is 3. The van der Waals surface area contributed by atoms with E-state index in [0.29, 0.717) is 11.3 Å². The smallest absolute Gasteiger partial charge is 0.255 e. The number of anilines is 1. The first-order valence-corrected chi connectivity index (χ1v) is 7.84. The molecule has 0 spiro atoms. The molecule has 0 radical (unpaired) electrons. The summed E-state index contributed by atoms with van der Waals surface area (Å²) >= 11 is 0. The number of nitrogens with two attached hydrogens (primary N) is 1. The molecule has 0 heterocycles. The summed E-state index contributed by atoms with van der Waals surface area (Å²) in [6, 6.07) is 11.8. The highest BCUT2D eigenvalue weighted by atomic mass is 32.2. The van der Waals surface area contributed by atoms with Crippen molar-refractivity contribution in [3.05, 3.63) is 59.2 Å². The van der Waals surface area contributed by atoms with Gasteiger partial charge in [-0.2, -0.15) is 0 Å². The van der Waals surface area contributed by atoms with Crippen LogP contribution in [0, 0.1) is 13.8 Å². The third-order valence-corrected chi connectivity index (χ3v) is 4.20. The lowest BCUT2D eigenvalue weighted by atomic mass is 10.1. The predicted molar refractivity (Wildman–Crippen MR) is 81.7 cm³/mol. The van der Waals surface area contributed by atoms with E-state index in [-0.39, 0.29) is 16.4 Å². The second-order valence-electron chi connectivity index (χ2n) is 4.79. The van der Waals surface area contributed by atoms with E-state index in [1.807, 2.05) is 25.1 Å². The topological polar surface area (TPSA) is 89.3 Å². The van der Waals surface area contributed by atoms with Gasteiger partial charge in [-0.3, -0.25) is 4.79 Å². The first-order valence-electron chi connectivity index (χ1n) is 6.29. The first-order chi connectivity index (χ1) is 9.79. The average Bonchev–Trinajstić information content (AvgIpc) is 2.40. The molecule has 0 atom stereocenters. The number of aryl methyl sites for hydroxylation is 2. The van der Waals surface area contributed by atoms with Crippen molar-refractivity contribution in [3.63, 3.8) is 0 Å². The number of amides is 1. The van der Waals surface area contributed by atoms with Crippen LogP contribution in [0.25, 0.3) is 0 Å². The van der Waals surface area contributed by atoms with E-state index in [4.69, 9.17) is 5.14 Å². The Hall–Kier alpha value is -2.18. The van der Waals surface area contributed by atoms with Gasteiger partial charge < -0.3 is 5.32 Å². The second-order valence-corrected chi connectivity index (χ2v) is 6.32. The molecule has 0 aliphatic heterocycles. The Morgan fingerprint density at radius 2 is 1.71 bits per heavy atom. The molecule has 2 aromatic carbocycles. The summed E-state index contributed by atoms with van der Waals surface area (Å²) in [5.41, 5.74) is 2.35. The Kier molecular flexibility index (Phi) is 4.11. The number of nitrogens with one attached hydrogen (secondary N) is 1. The molecule has 0 aliphatic rings. The Bertz CT molecular complexity index is 798. The molecular weight excluding hydrogens is 288 g/mol. The van der Waals surface area contributed by atoms with Crippen LogP contribution in [0.5, 0.6) is 0 Å². The molecule has 2 aromatic rings. The van der Waals surface area contributed by atoms with Crippen molar-refractivity contribution < 1.29 is 13.2 Å². The molecular formula is C15H16N2O3S. The van der Waals surface area contributed by atoms with Crippen molar-refractivity contribution in [2.45, 2.75) is 18.7 Å². The highest BCUT2D eigenvalue weighted by Gasteiger charge is 2.15. The molecule has 0 fully saturated rings. The van der Waals surface area contributed by atoms with Gasteiger partial charge in [-0.05, 0) is 43.2 Å². The van der Waals surface area contributed by atoms with E-state index in [1.165, 1.54) is 6.07 Å². The summed E-state index contributed by atoms with van der Waals surface area (Å²) in [7, 11) is -3.85. The van der Waals surface area contributed by atoms with Crippen LogP contribution in [0.3, 0.4) is 0 Å². The third kappa shape index (κ3) is 3.48.